The molecule has 1 amide bonds. The van der Waals surface area contributed by atoms with Crippen LogP contribution in [0.2, 0.25) is 0 Å². The van der Waals surface area contributed by atoms with Crippen LogP contribution in [0.1, 0.15) is 37.6 Å². The molecule has 1 rings (SSSR count). The highest BCUT2D eigenvalue weighted by molar-refractivity contribution is 7.89. The first-order valence-corrected chi connectivity index (χ1v) is 9.90. The highest BCUT2D eigenvalue weighted by Crippen LogP contribution is 2.27. The Bertz CT molecular complexity index is 657. The second-order valence-electron chi connectivity index (χ2n) is 5.26. The van der Waals surface area contributed by atoms with Gasteiger partial charge in [-0.1, -0.05) is 13.8 Å². The van der Waals surface area contributed by atoms with Gasteiger partial charge < -0.3 is 14.8 Å². The van der Waals surface area contributed by atoms with Gasteiger partial charge >= 0.3 is 0 Å². The monoisotopic (exact) mass is 372 g/mol. The quantitative estimate of drug-likeness (QED) is 0.600. The number of hydrogen-bond acceptors (Lipinski definition) is 5. The lowest BCUT2D eigenvalue weighted by Gasteiger charge is -2.20. The smallest absolute Gasteiger partial charge is 0.251 e. The largest absolute Gasteiger partial charge is 0.495 e. The third-order valence-electron chi connectivity index (χ3n) is 3.70. The first-order chi connectivity index (χ1) is 11.9. The Morgan fingerprint density at radius 1 is 1.20 bits per heavy atom. The number of carbonyl (C=O) groups is 1. The van der Waals surface area contributed by atoms with E-state index in [1.807, 2.05) is 6.92 Å². The molecule has 0 fully saturated rings. The molecule has 1 N–H and O–H groups in total. The number of methoxy groups -OCH3 is 1. The van der Waals surface area contributed by atoms with Crippen molar-refractivity contribution in [2.24, 2.45) is 0 Å². The lowest BCUT2D eigenvalue weighted by atomic mass is 10.2. The van der Waals surface area contributed by atoms with Crippen LogP contribution in [-0.4, -0.2) is 58.6 Å². The van der Waals surface area contributed by atoms with Crippen molar-refractivity contribution >= 4 is 15.9 Å². The number of nitrogens with zero attached hydrogens (tertiary/aromatic N) is 1. The van der Waals surface area contributed by atoms with Crippen molar-refractivity contribution in [3.05, 3.63) is 23.8 Å². The van der Waals surface area contributed by atoms with Gasteiger partial charge in [-0.3, -0.25) is 4.79 Å². The summed E-state index contributed by atoms with van der Waals surface area (Å²) >= 11 is 0. The second-order valence-corrected chi connectivity index (χ2v) is 7.17. The predicted molar refractivity (Wildman–Crippen MR) is 96.5 cm³/mol. The van der Waals surface area contributed by atoms with Gasteiger partial charge in [0.1, 0.15) is 10.6 Å². The molecule has 0 saturated heterocycles. The Morgan fingerprint density at radius 3 is 2.44 bits per heavy atom. The Balaban J connectivity index is 3.00. The van der Waals surface area contributed by atoms with Crippen molar-refractivity contribution in [2.45, 2.75) is 32.1 Å². The first kappa shape index (κ1) is 21.4. The van der Waals surface area contributed by atoms with E-state index in [0.717, 1.165) is 0 Å². The van der Waals surface area contributed by atoms with Crippen LogP contribution < -0.4 is 10.1 Å². The van der Waals surface area contributed by atoms with Crippen molar-refractivity contribution < 1.29 is 22.7 Å². The molecular formula is C17H28N2O5S. The van der Waals surface area contributed by atoms with Gasteiger partial charge in [0.15, 0.2) is 0 Å². The number of rotatable bonds is 11. The minimum absolute atomic E-state index is 0.000617. The summed E-state index contributed by atoms with van der Waals surface area (Å²) in [6.45, 7) is 7.80. The molecule has 0 spiro atoms. The molecule has 0 aliphatic rings. The molecule has 7 nitrogen and oxygen atoms in total. The Kier molecular flexibility index (Phi) is 8.88. The third kappa shape index (κ3) is 5.69. The molecule has 1 aromatic carbocycles. The molecule has 0 radical (unpaired) electrons. The van der Waals surface area contributed by atoms with Crippen LogP contribution in [0, 0.1) is 0 Å². The van der Waals surface area contributed by atoms with Gasteiger partial charge in [-0.15, -0.1) is 0 Å². The summed E-state index contributed by atoms with van der Waals surface area (Å²) in [5.41, 5.74) is 0.281. The predicted octanol–water partition coefficient (Wildman–Crippen LogP) is 1.88. The van der Waals surface area contributed by atoms with Gasteiger partial charge in [0.05, 0.1) is 7.11 Å². The lowest BCUT2D eigenvalue weighted by Crippen LogP contribution is -2.31. The van der Waals surface area contributed by atoms with Crippen LogP contribution in [0.5, 0.6) is 5.75 Å². The summed E-state index contributed by atoms with van der Waals surface area (Å²) < 4.78 is 37.3. The van der Waals surface area contributed by atoms with Crippen molar-refractivity contribution in [2.75, 3.05) is 40.0 Å². The minimum Gasteiger partial charge on any atom is -0.495 e. The maximum atomic E-state index is 12.8. The molecule has 0 bridgehead atoms. The van der Waals surface area contributed by atoms with Crippen LogP contribution in [-0.2, 0) is 14.8 Å². The zero-order valence-corrected chi connectivity index (χ0v) is 16.2. The van der Waals surface area contributed by atoms with Gasteiger partial charge in [0.2, 0.25) is 10.0 Å². The minimum atomic E-state index is -3.72. The summed E-state index contributed by atoms with van der Waals surface area (Å²) in [5.74, 6) is -0.102. The second kappa shape index (κ2) is 10.4. The third-order valence-corrected chi connectivity index (χ3v) is 5.78. The molecule has 0 aliphatic heterocycles. The summed E-state index contributed by atoms with van der Waals surface area (Å²) in [5, 5.41) is 2.76. The molecule has 8 heteroatoms. The fraction of sp³-hybridized carbons (Fsp3) is 0.588. The van der Waals surface area contributed by atoms with Gasteiger partial charge in [0.25, 0.3) is 5.91 Å². The van der Waals surface area contributed by atoms with Crippen LogP contribution in [0.4, 0.5) is 0 Å². The van der Waals surface area contributed by atoms with E-state index in [1.54, 1.807) is 19.9 Å². The van der Waals surface area contributed by atoms with E-state index in [9.17, 15) is 13.2 Å². The molecule has 0 aliphatic carbocycles. The summed E-state index contributed by atoms with van der Waals surface area (Å²) in [6.07, 6.45) is 0.695. The van der Waals surface area contributed by atoms with E-state index < -0.39 is 10.0 Å². The number of ether oxygens (including phenoxy) is 2. The molecule has 0 heterocycles. The highest BCUT2D eigenvalue weighted by atomic mass is 32.2. The van der Waals surface area contributed by atoms with Gasteiger partial charge in [-0.05, 0) is 31.5 Å². The summed E-state index contributed by atoms with van der Waals surface area (Å²) in [6, 6.07) is 4.42. The molecule has 1 aromatic rings. The van der Waals surface area contributed by atoms with Gasteiger partial charge in [-0.2, -0.15) is 4.31 Å². The maximum absolute atomic E-state index is 12.8. The number of carbonyl (C=O) groups excluding carboxylic acids is 1. The first-order valence-electron chi connectivity index (χ1n) is 8.46. The number of sulfonamides is 1. The van der Waals surface area contributed by atoms with Crippen LogP contribution >= 0.6 is 0 Å². The van der Waals surface area contributed by atoms with Crippen molar-refractivity contribution in [1.82, 2.24) is 9.62 Å². The topological polar surface area (TPSA) is 84.9 Å². The molecule has 0 unspecified atom stereocenters. The van der Waals surface area contributed by atoms with E-state index >= 15 is 0 Å². The number of amides is 1. The van der Waals surface area contributed by atoms with E-state index in [1.165, 1.54) is 23.5 Å². The van der Waals surface area contributed by atoms with Crippen LogP contribution in [0.25, 0.3) is 0 Å². The van der Waals surface area contributed by atoms with Gasteiger partial charge in [-0.25, -0.2) is 8.42 Å². The number of benzene rings is 1. The highest BCUT2D eigenvalue weighted by Gasteiger charge is 2.26. The molecule has 0 atom stereocenters. The van der Waals surface area contributed by atoms with E-state index in [-0.39, 0.29) is 22.1 Å². The zero-order chi connectivity index (χ0) is 18.9. The SMILES string of the molecule is CCOCCCNC(=O)c1ccc(OC)c(S(=O)(=O)N(CC)CC)c1. The maximum Gasteiger partial charge on any atom is 0.251 e. The number of nitrogens with one attached hydrogen (secondary N) is 1. The normalized spacial score (nSPS) is 11.6. The van der Waals surface area contributed by atoms with E-state index in [2.05, 4.69) is 5.32 Å². The number of hydrogen-bond donors (Lipinski definition) is 1. The standard InChI is InChI=1S/C17H28N2O5S/c1-5-19(6-2)25(21,22)16-13-14(9-10-15(16)23-4)17(20)18-11-8-12-24-7-3/h9-10,13H,5-8,11-12H2,1-4H3,(H,18,20). The summed E-state index contributed by atoms with van der Waals surface area (Å²) in [4.78, 5) is 12.3. The fourth-order valence-electron chi connectivity index (χ4n) is 2.34. The van der Waals surface area contributed by atoms with E-state index in [4.69, 9.17) is 9.47 Å². The average Bonchev–Trinajstić information content (AvgIpc) is 2.61. The van der Waals surface area contributed by atoms with Gasteiger partial charge in [0, 0.05) is 38.4 Å². The fourth-order valence-corrected chi connectivity index (χ4v) is 3.98. The average molecular weight is 372 g/mol. The lowest BCUT2D eigenvalue weighted by molar-refractivity contribution is 0.0944. The van der Waals surface area contributed by atoms with Crippen molar-refractivity contribution in [1.29, 1.82) is 0 Å². The Hall–Kier alpha value is -1.64. The Labute approximate surface area is 150 Å². The zero-order valence-electron chi connectivity index (χ0n) is 15.4. The van der Waals surface area contributed by atoms with Crippen LogP contribution in [0.3, 0.4) is 0 Å². The molecule has 25 heavy (non-hydrogen) atoms. The molecule has 142 valence electrons. The molecular weight excluding hydrogens is 344 g/mol. The van der Waals surface area contributed by atoms with Crippen molar-refractivity contribution in [3.63, 3.8) is 0 Å². The molecule has 0 saturated carbocycles. The van der Waals surface area contributed by atoms with Crippen LogP contribution in [0.15, 0.2) is 23.1 Å². The Morgan fingerprint density at radius 2 is 1.88 bits per heavy atom. The molecule has 0 aromatic heterocycles. The van der Waals surface area contributed by atoms with E-state index in [0.29, 0.717) is 39.3 Å². The van der Waals surface area contributed by atoms with Crippen molar-refractivity contribution in [3.8, 4) is 5.75 Å². The summed E-state index contributed by atoms with van der Waals surface area (Å²) in [7, 11) is -2.32.